The molecule has 0 aliphatic carbocycles. The van der Waals surface area contributed by atoms with Crippen molar-refractivity contribution < 1.29 is 18.7 Å². The molecule has 0 spiro atoms. The summed E-state index contributed by atoms with van der Waals surface area (Å²) in [4.78, 5) is 27.8. The number of aryl methyl sites for hydroxylation is 1. The monoisotopic (exact) mass is 407 g/mol. The van der Waals surface area contributed by atoms with Crippen LogP contribution in [0.4, 0.5) is 0 Å². The summed E-state index contributed by atoms with van der Waals surface area (Å²) in [5.74, 6) is 1.04. The van der Waals surface area contributed by atoms with E-state index in [0.29, 0.717) is 41.2 Å². The third kappa shape index (κ3) is 3.22. The average molecular weight is 407 g/mol. The van der Waals surface area contributed by atoms with E-state index in [2.05, 4.69) is 0 Å². The molecular formula is C24H25NO5. The number of carbonyl (C=O) groups excluding carboxylic acids is 1. The van der Waals surface area contributed by atoms with Crippen LogP contribution in [0.1, 0.15) is 53.6 Å². The van der Waals surface area contributed by atoms with E-state index in [1.54, 1.807) is 24.1 Å². The van der Waals surface area contributed by atoms with E-state index >= 15 is 0 Å². The number of rotatable bonds is 6. The number of hydrogen-bond acceptors (Lipinski definition) is 5. The first-order valence-corrected chi connectivity index (χ1v) is 10.2. The molecule has 4 rings (SSSR count). The first-order chi connectivity index (χ1) is 14.5. The molecule has 2 aromatic carbocycles. The summed E-state index contributed by atoms with van der Waals surface area (Å²) >= 11 is 0. The average Bonchev–Trinajstić information content (AvgIpc) is 2.99. The predicted molar refractivity (Wildman–Crippen MR) is 115 cm³/mol. The Morgan fingerprint density at radius 2 is 1.83 bits per heavy atom. The maximum absolute atomic E-state index is 13.4. The summed E-state index contributed by atoms with van der Waals surface area (Å²) in [6, 6.07) is 10.4. The number of ether oxygens (including phenoxy) is 2. The second kappa shape index (κ2) is 7.86. The molecule has 3 aromatic rings. The van der Waals surface area contributed by atoms with Crippen LogP contribution in [-0.4, -0.2) is 31.1 Å². The summed E-state index contributed by atoms with van der Waals surface area (Å²) in [7, 11) is 1.68. The van der Waals surface area contributed by atoms with Crippen LogP contribution in [0.25, 0.3) is 11.0 Å². The van der Waals surface area contributed by atoms with Crippen LogP contribution in [0.2, 0.25) is 0 Å². The SMILES string of the molecule is CCCOc1ccc(C2c3c(oc4ccc(C)cc4c3=O)C(=O)N2C)cc1OCC. The Balaban J connectivity index is 1.88. The molecule has 1 aliphatic rings. The lowest BCUT2D eigenvalue weighted by atomic mass is 9.98. The molecule has 0 saturated carbocycles. The topological polar surface area (TPSA) is 69.0 Å². The highest BCUT2D eigenvalue weighted by Gasteiger charge is 2.41. The summed E-state index contributed by atoms with van der Waals surface area (Å²) in [6.45, 7) is 6.92. The maximum Gasteiger partial charge on any atom is 0.290 e. The molecule has 0 saturated heterocycles. The van der Waals surface area contributed by atoms with Gasteiger partial charge < -0.3 is 18.8 Å². The summed E-state index contributed by atoms with van der Waals surface area (Å²) < 4.78 is 17.4. The van der Waals surface area contributed by atoms with Gasteiger partial charge in [0.1, 0.15) is 5.58 Å². The molecule has 30 heavy (non-hydrogen) atoms. The Kier molecular flexibility index (Phi) is 5.24. The van der Waals surface area contributed by atoms with E-state index < -0.39 is 6.04 Å². The first-order valence-electron chi connectivity index (χ1n) is 10.2. The van der Waals surface area contributed by atoms with E-state index in [-0.39, 0.29) is 17.1 Å². The van der Waals surface area contributed by atoms with E-state index in [1.807, 2.05) is 45.0 Å². The van der Waals surface area contributed by atoms with Crippen molar-refractivity contribution >= 4 is 16.9 Å². The highest BCUT2D eigenvalue weighted by atomic mass is 16.5. The van der Waals surface area contributed by atoms with Gasteiger partial charge in [0.2, 0.25) is 5.76 Å². The molecule has 1 amide bonds. The third-order valence-electron chi connectivity index (χ3n) is 5.30. The normalized spacial score (nSPS) is 15.5. The van der Waals surface area contributed by atoms with Gasteiger partial charge in [-0.25, -0.2) is 0 Å². The molecule has 1 atom stereocenters. The lowest BCUT2D eigenvalue weighted by Crippen LogP contribution is -2.25. The Morgan fingerprint density at radius 1 is 1.03 bits per heavy atom. The predicted octanol–water partition coefficient (Wildman–Crippen LogP) is 4.46. The standard InChI is InChI=1S/C24H25NO5/c1-5-11-29-18-10-8-15(13-19(18)28-6-2)21-20-22(26)16-12-14(3)7-9-17(16)30-23(20)24(27)25(21)4/h7-10,12-13,21H,5-6,11H2,1-4H3. The Bertz CT molecular complexity index is 1180. The van der Waals surface area contributed by atoms with E-state index in [0.717, 1.165) is 17.5 Å². The van der Waals surface area contributed by atoms with Gasteiger partial charge in [-0.15, -0.1) is 0 Å². The van der Waals surface area contributed by atoms with Crippen molar-refractivity contribution in [1.82, 2.24) is 4.90 Å². The van der Waals surface area contributed by atoms with Crippen LogP contribution in [0.3, 0.4) is 0 Å². The van der Waals surface area contributed by atoms with Crippen molar-refractivity contribution in [1.29, 1.82) is 0 Å². The van der Waals surface area contributed by atoms with Crippen LogP contribution >= 0.6 is 0 Å². The zero-order valence-electron chi connectivity index (χ0n) is 17.7. The van der Waals surface area contributed by atoms with Crippen molar-refractivity contribution in [2.45, 2.75) is 33.2 Å². The minimum Gasteiger partial charge on any atom is -0.490 e. The fourth-order valence-corrected chi connectivity index (χ4v) is 3.89. The van der Waals surface area contributed by atoms with Crippen LogP contribution in [0.5, 0.6) is 11.5 Å². The summed E-state index contributed by atoms with van der Waals surface area (Å²) in [6.07, 6.45) is 0.883. The van der Waals surface area contributed by atoms with Crippen molar-refractivity contribution in [3.05, 3.63) is 69.1 Å². The van der Waals surface area contributed by atoms with Crippen LogP contribution in [0.15, 0.2) is 45.6 Å². The maximum atomic E-state index is 13.4. The zero-order valence-corrected chi connectivity index (χ0v) is 17.7. The zero-order chi connectivity index (χ0) is 21.4. The number of fused-ring (bicyclic) bond motifs is 2. The molecule has 1 aliphatic heterocycles. The second-order valence-corrected chi connectivity index (χ2v) is 7.48. The van der Waals surface area contributed by atoms with Crippen molar-refractivity contribution in [3.63, 3.8) is 0 Å². The van der Waals surface area contributed by atoms with Crippen molar-refractivity contribution in [2.75, 3.05) is 20.3 Å². The molecule has 0 radical (unpaired) electrons. The molecule has 1 aromatic heterocycles. The number of carbonyl (C=O) groups is 1. The lowest BCUT2D eigenvalue weighted by molar-refractivity contribution is 0.0771. The van der Waals surface area contributed by atoms with Crippen LogP contribution in [0, 0.1) is 6.92 Å². The minimum atomic E-state index is -0.548. The van der Waals surface area contributed by atoms with Gasteiger partial charge in [-0.05, 0) is 50.1 Å². The molecule has 156 valence electrons. The highest BCUT2D eigenvalue weighted by molar-refractivity contribution is 5.98. The number of amides is 1. The molecule has 0 fully saturated rings. The van der Waals surface area contributed by atoms with Gasteiger partial charge in [0.15, 0.2) is 16.9 Å². The van der Waals surface area contributed by atoms with Crippen LogP contribution in [-0.2, 0) is 0 Å². The Hall–Kier alpha value is -3.28. The lowest BCUT2D eigenvalue weighted by Gasteiger charge is -2.22. The summed E-state index contributed by atoms with van der Waals surface area (Å²) in [5.41, 5.74) is 2.34. The van der Waals surface area contributed by atoms with Gasteiger partial charge in [-0.1, -0.05) is 24.6 Å². The van der Waals surface area contributed by atoms with Gasteiger partial charge in [0.05, 0.1) is 30.2 Å². The Labute approximate surface area is 175 Å². The van der Waals surface area contributed by atoms with Gasteiger partial charge in [0, 0.05) is 7.05 Å². The molecule has 2 heterocycles. The van der Waals surface area contributed by atoms with Gasteiger partial charge in [-0.3, -0.25) is 9.59 Å². The Morgan fingerprint density at radius 3 is 2.57 bits per heavy atom. The smallest absolute Gasteiger partial charge is 0.290 e. The van der Waals surface area contributed by atoms with Gasteiger partial charge in [0.25, 0.3) is 5.91 Å². The largest absolute Gasteiger partial charge is 0.490 e. The number of benzene rings is 2. The van der Waals surface area contributed by atoms with Gasteiger partial charge >= 0.3 is 0 Å². The highest BCUT2D eigenvalue weighted by Crippen LogP contribution is 2.40. The molecule has 6 nitrogen and oxygen atoms in total. The molecule has 0 bridgehead atoms. The number of nitrogens with zero attached hydrogens (tertiary/aromatic N) is 1. The van der Waals surface area contributed by atoms with Crippen molar-refractivity contribution in [3.8, 4) is 11.5 Å². The van der Waals surface area contributed by atoms with Crippen molar-refractivity contribution in [2.24, 2.45) is 0 Å². The summed E-state index contributed by atoms with van der Waals surface area (Å²) in [5, 5.41) is 0.481. The molecule has 1 unspecified atom stereocenters. The second-order valence-electron chi connectivity index (χ2n) is 7.48. The van der Waals surface area contributed by atoms with E-state index in [9.17, 15) is 9.59 Å². The van der Waals surface area contributed by atoms with Gasteiger partial charge in [-0.2, -0.15) is 0 Å². The fourth-order valence-electron chi connectivity index (χ4n) is 3.89. The number of hydrogen-bond donors (Lipinski definition) is 0. The first kappa shape index (κ1) is 20.0. The molecule has 6 heteroatoms. The molecule has 0 N–H and O–H groups in total. The minimum absolute atomic E-state index is 0.105. The van der Waals surface area contributed by atoms with Crippen LogP contribution < -0.4 is 14.9 Å². The molecular weight excluding hydrogens is 382 g/mol. The van der Waals surface area contributed by atoms with E-state index in [4.69, 9.17) is 13.9 Å². The third-order valence-corrected chi connectivity index (χ3v) is 5.30. The fraction of sp³-hybridized carbons (Fsp3) is 0.333. The quantitative estimate of drug-likeness (QED) is 0.603. The van der Waals surface area contributed by atoms with E-state index in [1.165, 1.54) is 0 Å².